The first kappa shape index (κ1) is 17.8. The standard InChI is InChI=1S/C18H27N3O4/c1-14(13-21-6-8-23-9-7-21)20-18(22)19-5-4-15-2-3-16-17(12-15)25-11-10-24-16/h2-3,12,14H,4-11,13H2,1H3,(H2,19,20,22)/t14-/m0/s1. The van der Waals surface area contributed by atoms with Crippen LogP contribution in [0.1, 0.15) is 12.5 Å². The molecule has 1 atom stereocenters. The van der Waals surface area contributed by atoms with Gasteiger partial charge in [-0.2, -0.15) is 0 Å². The molecule has 0 spiro atoms. The summed E-state index contributed by atoms with van der Waals surface area (Å²) in [6, 6.07) is 5.89. The van der Waals surface area contributed by atoms with Crippen LogP contribution in [0.3, 0.4) is 0 Å². The number of benzene rings is 1. The normalized spacial score (nSPS) is 18.4. The number of amides is 2. The van der Waals surface area contributed by atoms with E-state index in [0.717, 1.165) is 56.3 Å². The van der Waals surface area contributed by atoms with E-state index in [9.17, 15) is 4.79 Å². The van der Waals surface area contributed by atoms with Crippen LogP contribution in [0.5, 0.6) is 11.5 Å². The Bertz CT molecular complexity index is 575. The fourth-order valence-electron chi connectivity index (χ4n) is 3.06. The summed E-state index contributed by atoms with van der Waals surface area (Å²) >= 11 is 0. The molecule has 1 aromatic rings. The minimum absolute atomic E-state index is 0.104. The van der Waals surface area contributed by atoms with E-state index in [2.05, 4.69) is 15.5 Å². The Morgan fingerprint density at radius 1 is 1.16 bits per heavy atom. The van der Waals surface area contributed by atoms with Gasteiger partial charge in [0, 0.05) is 32.2 Å². The van der Waals surface area contributed by atoms with E-state index in [1.54, 1.807) is 0 Å². The fraction of sp³-hybridized carbons (Fsp3) is 0.611. The summed E-state index contributed by atoms with van der Waals surface area (Å²) < 4.78 is 16.4. The Morgan fingerprint density at radius 2 is 1.92 bits per heavy atom. The van der Waals surface area contributed by atoms with Crippen molar-refractivity contribution < 1.29 is 19.0 Å². The lowest BCUT2D eigenvalue weighted by atomic mass is 10.1. The molecule has 0 bridgehead atoms. The molecule has 2 aliphatic rings. The van der Waals surface area contributed by atoms with Gasteiger partial charge in [0.2, 0.25) is 0 Å². The van der Waals surface area contributed by atoms with Crippen molar-refractivity contribution >= 4 is 6.03 Å². The van der Waals surface area contributed by atoms with Crippen molar-refractivity contribution in [2.24, 2.45) is 0 Å². The number of carbonyl (C=O) groups excluding carboxylic acids is 1. The van der Waals surface area contributed by atoms with E-state index >= 15 is 0 Å². The van der Waals surface area contributed by atoms with Crippen molar-refractivity contribution in [1.82, 2.24) is 15.5 Å². The largest absolute Gasteiger partial charge is 0.486 e. The maximum absolute atomic E-state index is 12.0. The molecular formula is C18H27N3O4. The molecule has 2 N–H and O–H groups in total. The molecular weight excluding hydrogens is 322 g/mol. The second-order valence-electron chi connectivity index (χ2n) is 6.44. The highest BCUT2D eigenvalue weighted by Crippen LogP contribution is 2.30. The predicted molar refractivity (Wildman–Crippen MR) is 94.4 cm³/mol. The molecule has 25 heavy (non-hydrogen) atoms. The second kappa shape index (κ2) is 8.92. The molecule has 7 nitrogen and oxygen atoms in total. The van der Waals surface area contributed by atoms with Crippen molar-refractivity contribution in [3.63, 3.8) is 0 Å². The molecule has 1 saturated heterocycles. The summed E-state index contributed by atoms with van der Waals surface area (Å²) in [5, 5.41) is 5.90. The monoisotopic (exact) mass is 349 g/mol. The maximum Gasteiger partial charge on any atom is 0.315 e. The smallest absolute Gasteiger partial charge is 0.315 e. The number of morpholine rings is 1. The molecule has 1 fully saturated rings. The average molecular weight is 349 g/mol. The lowest BCUT2D eigenvalue weighted by Gasteiger charge is -2.29. The number of hydrogen-bond donors (Lipinski definition) is 2. The molecule has 2 amide bonds. The highest BCUT2D eigenvalue weighted by atomic mass is 16.6. The van der Waals surface area contributed by atoms with Crippen LogP contribution < -0.4 is 20.1 Å². The maximum atomic E-state index is 12.0. The van der Waals surface area contributed by atoms with Crippen molar-refractivity contribution in [3.8, 4) is 11.5 Å². The number of ether oxygens (including phenoxy) is 3. The summed E-state index contributed by atoms with van der Waals surface area (Å²) in [5.74, 6) is 1.57. The van der Waals surface area contributed by atoms with E-state index in [1.807, 2.05) is 25.1 Å². The van der Waals surface area contributed by atoms with Gasteiger partial charge in [0.05, 0.1) is 13.2 Å². The molecule has 0 saturated carbocycles. The lowest BCUT2D eigenvalue weighted by molar-refractivity contribution is 0.0349. The van der Waals surface area contributed by atoms with Gasteiger partial charge in [-0.3, -0.25) is 4.90 Å². The van der Waals surface area contributed by atoms with Crippen molar-refractivity contribution in [2.45, 2.75) is 19.4 Å². The van der Waals surface area contributed by atoms with Gasteiger partial charge in [-0.1, -0.05) is 6.07 Å². The molecule has 0 aromatic heterocycles. The minimum atomic E-state index is -0.127. The third kappa shape index (κ3) is 5.51. The van der Waals surface area contributed by atoms with Gasteiger partial charge >= 0.3 is 6.03 Å². The topological polar surface area (TPSA) is 72.1 Å². The Hall–Kier alpha value is -1.99. The molecule has 2 aliphatic heterocycles. The van der Waals surface area contributed by atoms with Gasteiger partial charge in [-0.25, -0.2) is 4.79 Å². The fourth-order valence-corrected chi connectivity index (χ4v) is 3.06. The number of fused-ring (bicyclic) bond motifs is 1. The molecule has 138 valence electrons. The Morgan fingerprint density at radius 3 is 2.72 bits per heavy atom. The van der Waals surface area contributed by atoms with E-state index in [-0.39, 0.29) is 12.1 Å². The SMILES string of the molecule is C[C@@H](CN1CCOCC1)NC(=O)NCCc1ccc2c(c1)OCCO2. The van der Waals surface area contributed by atoms with E-state index in [4.69, 9.17) is 14.2 Å². The summed E-state index contributed by atoms with van der Waals surface area (Å²) in [6.45, 7) is 8.03. The quantitative estimate of drug-likeness (QED) is 0.802. The first-order valence-corrected chi connectivity index (χ1v) is 8.94. The zero-order valence-electron chi connectivity index (χ0n) is 14.8. The van der Waals surface area contributed by atoms with Gasteiger partial charge < -0.3 is 24.8 Å². The predicted octanol–water partition coefficient (Wildman–Crippen LogP) is 1.02. The zero-order chi connectivity index (χ0) is 17.5. The third-order valence-corrected chi connectivity index (χ3v) is 4.32. The Kier molecular flexibility index (Phi) is 6.36. The van der Waals surface area contributed by atoms with Crippen LogP contribution in [0.4, 0.5) is 4.79 Å². The van der Waals surface area contributed by atoms with E-state index in [0.29, 0.717) is 19.8 Å². The zero-order valence-corrected chi connectivity index (χ0v) is 14.8. The number of urea groups is 1. The summed E-state index contributed by atoms with van der Waals surface area (Å²) in [5.41, 5.74) is 1.12. The average Bonchev–Trinajstić information content (AvgIpc) is 2.62. The molecule has 7 heteroatoms. The van der Waals surface area contributed by atoms with Crippen LogP contribution in [-0.2, 0) is 11.2 Å². The molecule has 2 heterocycles. The van der Waals surface area contributed by atoms with Crippen molar-refractivity contribution in [2.75, 3.05) is 52.6 Å². The van der Waals surface area contributed by atoms with Crippen molar-refractivity contribution in [3.05, 3.63) is 23.8 Å². The van der Waals surface area contributed by atoms with Crippen LogP contribution in [0.2, 0.25) is 0 Å². The molecule has 3 rings (SSSR count). The van der Waals surface area contributed by atoms with Crippen LogP contribution in [0.15, 0.2) is 18.2 Å². The van der Waals surface area contributed by atoms with Crippen LogP contribution >= 0.6 is 0 Å². The van der Waals surface area contributed by atoms with Gasteiger partial charge in [0.1, 0.15) is 13.2 Å². The van der Waals surface area contributed by atoms with Crippen LogP contribution in [0.25, 0.3) is 0 Å². The number of nitrogens with zero attached hydrogens (tertiary/aromatic N) is 1. The van der Waals surface area contributed by atoms with Gasteiger partial charge in [-0.05, 0) is 31.0 Å². The number of hydrogen-bond acceptors (Lipinski definition) is 5. The molecule has 0 aliphatic carbocycles. The summed E-state index contributed by atoms with van der Waals surface area (Å²) in [6.07, 6.45) is 0.752. The van der Waals surface area contributed by atoms with Crippen LogP contribution in [-0.4, -0.2) is 69.6 Å². The molecule has 1 aromatic carbocycles. The molecule has 0 unspecified atom stereocenters. The van der Waals surface area contributed by atoms with Gasteiger partial charge in [0.25, 0.3) is 0 Å². The van der Waals surface area contributed by atoms with Crippen LogP contribution in [0, 0.1) is 0 Å². The first-order valence-electron chi connectivity index (χ1n) is 8.94. The minimum Gasteiger partial charge on any atom is -0.486 e. The molecule has 0 radical (unpaired) electrons. The van der Waals surface area contributed by atoms with E-state index in [1.165, 1.54) is 0 Å². The number of nitrogens with one attached hydrogen (secondary N) is 2. The first-order chi connectivity index (χ1) is 12.2. The number of carbonyl (C=O) groups is 1. The number of rotatable bonds is 6. The lowest BCUT2D eigenvalue weighted by Crippen LogP contribution is -2.48. The van der Waals surface area contributed by atoms with Crippen molar-refractivity contribution in [1.29, 1.82) is 0 Å². The highest BCUT2D eigenvalue weighted by Gasteiger charge is 2.15. The second-order valence-corrected chi connectivity index (χ2v) is 6.44. The third-order valence-electron chi connectivity index (χ3n) is 4.32. The van der Waals surface area contributed by atoms with E-state index < -0.39 is 0 Å². The highest BCUT2D eigenvalue weighted by molar-refractivity contribution is 5.74. The Labute approximate surface area is 148 Å². The van der Waals surface area contributed by atoms with Gasteiger partial charge in [0.15, 0.2) is 11.5 Å². The Balaban J connectivity index is 1.36. The summed E-state index contributed by atoms with van der Waals surface area (Å²) in [4.78, 5) is 14.3. The van der Waals surface area contributed by atoms with Gasteiger partial charge in [-0.15, -0.1) is 0 Å². The summed E-state index contributed by atoms with van der Waals surface area (Å²) in [7, 11) is 0.